The second kappa shape index (κ2) is 5.81. The number of hydrogen-bond acceptors (Lipinski definition) is 4. The summed E-state index contributed by atoms with van der Waals surface area (Å²) in [4.78, 5) is 22.3. The van der Waals surface area contributed by atoms with Crippen molar-refractivity contribution in [2.75, 3.05) is 6.61 Å². The second-order valence-corrected chi connectivity index (χ2v) is 3.92. The van der Waals surface area contributed by atoms with Crippen LogP contribution < -0.4 is 5.32 Å². The maximum Gasteiger partial charge on any atom is 0.326 e. The molecule has 1 heterocycles. The Morgan fingerprint density at radius 1 is 1.50 bits per heavy atom. The van der Waals surface area contributed by atoms with Crippen molar-refractivity contribution in [3.63, 3.8) is 0 Å². The van der Waals surface area contributed by atoms with Gasteiger partial charge in [-0.25, -0.2) is 4.79 Å². The van der Waals surface area contributed by atoms with Gasteiger partial charge < -0.3 is 20.3 Å². The number of carboxylic acids is 1. The van der Waals surface area contributed by atoms with Crippen molar-refractivity contribution in [2.45, 2.75) is 44.4 Å². The third-order valence-electron chi connectivity index (χ3n) is 2.56. The van der Waals surface area contributed by atoms with Crippen molar-refractivity contribution in [1.29, 1.82) is 0 Å². The van der Waals surface area contributed by atoms with Crippen LogP contribution in [0.15, 0.2) is 0 Å². The highest BCUT2D eigenvalue weighted by Crippen LogP contribution is 2.19. The smallest absolute Gasteiger partial charge is 0.326 e. The van der Waals surface area contributed by atoms with Gasteiger partial charge in [0, 0.05) is 13.0 Å². The number of aliphatic hydroxyl groups is 1. The van der Waals surface area contributed by atoms with E-state index in [9.17, 15) is 9.59 Å². The zero-order chi connectivity index (χ0) is 12.1. The molecule has 0 aliphatic carbocycles. The number of carboxylic acid groups (broad SMARTS) is 1. The monoisotopic (exact) mass is 231 g/mol. The third-order valence-corrected chi connectivity index (χ3v) is 2.56. The molecule has 0 aromatic heterocycles. The van der Waals surface area contributed by atoms with Gasteiger partial charge in [0.15, 0.2) is 0 Å². The van der Waals surface area contributed by atoms with Crippen LogP contribution in [-0.4, -0.2) is 46.9 Å². The van der Waals surface area contributed by atoms with Crippen LogP contribution in [0.4, 0.5) is 0 Å². The van der Waals surface area contributed by atoms with Gasteiger partial charge in [-0.05, 0) is 19.8 Å². The third kappa shape index (κ3) is 3.46. The van der Waals surface area contributed by atoms with Crippen molar-refractivity contribution < 1.29 is 24.5 Å². The molecule has 0 aromatic carbocycles. The fourth-order valence-corrected chi connectivity index (χ4v) is 1.65. The van der Waals surface area contributed by atoms with E-state index in [1.54, 1.807) is 0 Å². The summed E-state index contributed by atoms with van der Waals surface area (Å²) >= 11 is 0. The number of amides is 1. The van der Waals surface area contributed by atoms with Gasteiger partial charge in [-0.1, -0.05) is 0 Å². The molecule has 3 N–H and O–H groups in total. The van der Waals surface area contributed by atoms with Crippen LogP contribution in [0.5, 0.6) is 0 Å². The summed E-state index contributed by atoms with van der Waals surface area (Å²) in [5.74, 6) is -1.56. The molecular weight excluding hydrogens is 214 g/mol. The van der Waals surface area contributed by atoms with E-state index in [0.29, 0.717) is 6.42 Å². The quantitative estimate of drug-likeness (QED) is 0.593. The van der Waals surface area contributed by atoms with Crippen molar-refractivity contribution in [1.82, 2.24) is 5.32 Å². The van der Waals surface area contributed by atoms with Crippen LogP contribution in [0, 0.1) is 0 Å². The second-order valence-electron chi connectivity index (χ2n) is 3.92. The summed E-state index contributed by atoms with van der Waals surface area (Å²) in [6, 6.07) is -1.04. The number of aliphatic hydroxyl groups excluding tert-OH is 1. The Morgan fingerprint density at radius 3 is 2.62 bits per heavy atom. The molecule has 1 amide bonds. The van der Waals surface area contributed by atoms with Crippen molar-refractivity contribution in [2.24, 2.45) is 0 Å². The summed E-state index contributed by atoms with van der Waals surface area (Å²) in [6.07, 6.45) is 0.893. The van der Waals surface area contributed by atoms with Crippen molar-refractivity contribution in [3.05, 3.63) is 0 Å². The van der Waals surface area contributed by atoms with E-state index in [1.807, 2.05) is 6.92 Å². The molecular formula is C10H17NO5. The molecule has 1 saturated heterocycles. The predicted octanol–water partition coefficient (Wildman–Crippen LogP) is -0.494. The SMILES string of the molecule is CC1CCC(C(=O)NC(CCO)C(=O)O)O1. The lowest BCUT2D eigenvalue weighted by atomic mass is 10.1. The van der Waals surface area contributed by atoms with Gasteiger partial charge >= 0.3 is 5.97 Å². The molecule has 1 aliphatic heterocycles. The van der Waals surface area contributed by atoms with Gasteiger partial charge in [0.2, 0.25) is 5.91 Å². The number of carbonyl (C=O) groups excluding carboxylic acids is 1. The highest BCUT2D eigenvalue weighted by atomic mass is 16.5. The van der Waals surface area contributed by atoms with Crippen LogP contribution >= 0.6 is 0 Å². The summed E-state index contributed by atoms with van der Waals surface area (Å²) < 4.78 is 5.31. The zero-order valence-corrected chi connectivity index (χ0v) is 9.18. The lowest BCUT2D eigenvalue weighted by Gasteiger charge is -2.16. The summed E-state index contributed by atoms with van der Waals surface area (Å²) in [5, 5.41) is 19.8. The summed E-state index contributed by atoms with van der Waals surface area (Å²) in [5.41, 5.74) is 0. The van der Waals surface area contributed by atoms with Crippen LogP contribution in [0.2, 0.25) is 0 Å². The van der Waals surface area contributed by atoms with Crippen LogP contribution in [0.1, 0.15) is 26.2 Å². The Morgan fingerprint density at radius 2 is 2.19 bits per heavy atom. The van der Waals surface area contributed by atoms with Crippen LogP contribution in [-0.2, 0) is 14.3 Å². The van der Waals surface area contributed by atoms with Gasteiger partial charge in [0.1, 0.15) is 12.1 Å². The molecule has 0 radical (unpaired) electrons. The molecule has 6 nitrogen and oxygen atoms in total. The molecule has 0 spiro atoms. The molecule has 16 heavy (non-hydrogen) atoms. The normalized spacial score (nSPS) is 26.4. The largest absolute Gasteiger partial charge is 0.480 e. The molecule has 0 saturated carbocycles. The molecule has 92 valence electrons. The summed E-state index contributed by atoms with van der Waals surface area (Å²) in [7, 11) is 0. The number of carbonyl (C=O) groups is 2. The van der Waals surface area contributed by atoms with Gasteiger partial charge in [-0.15, -0.1) is 0 Å². The first kappa shape index (κ1) is 12.9. The molecule has 1 fully saturated rings. The molecule has 3 atom stereocenters. The predicted molar refractivity (Wildman–Crippen MR) is 54.8 cm³/mol. The first-order chi connectivity index (χ1) is 7.54. The minimum atomic E-state index is -1.14. The number of nitrogens with one attached hydrogen (secondary N) is 1. The van der Waals surface area contributed by atoms with Gasteiger partial charge in [-0.3, -0.25) is 4.79 Å². The highest BCUT2D eigenvalue weighted by Gasteiger charge is 2.30. The lowest BCUT2D eigenvalue weighted by Crippen LogP contribution is -2.45. The van der Waals surface area contributed by atoms with Gasteiger partial charge in [0.05, 0.1) is 6.10 Å². The minimum Gasteiger partial charge on any atom is -0.480 e. The lowest BCUT2D eigenvalue weighted by molar-refractivity contribution is -0.144. The van der Waals surface area contributed by atoms with E-state index in [-0.39, 0.29) is 19.1 Å². The van der Waals surface area contributed by atoms with Crippen molar-refractivity contribution >= 4 is 11.9 Å². The molecule has 1 rings (SSSR count). The van der Waals surface area contributed by atoms with Gasteiger partial charge in [-0.2, -0.15) is 0 Å². The van der Waals surface area contributed by atoms with E-state index < -0.39 is 24.0 Å². The van der Waals surface area contributed by atoms with Crippen LogP contribution in [0.25, 0.3) is 0 Å². The topological polar surface area (TPSA) is 95.9 Å². The Balaban J connectivity index is 2.45. The van der Waals surface area contributed by atoms with E-state index in [4.69, 9.17) is 14.9 Å². The van der Waals surface area contributed by atoms with E-state index in [2.05, 4.69) is 5.32 Å². The first-order valence-electron chi connectivity index (χ1n) is 5.34. The molecule has 6 heteroatoms. The Bertz CT molecular complexity index is 268. The van der Waals surface area contributed by atoms with Gasteiger partial charge in [0.25, 0.3) is 0 Å². The number of hydrogen-bond donors (Lipinski definition) is 3. The highest BCUT2D eigenvalue weighted by molar-refractivity contribution is 5.86. The number of rotatable bonds is 5. The standard InChI is InChI=1S/C10H17NO5/c1-6-2-3-8(16-6)9(13)11-7(4-5-12)10(14)15/h6-8,12H,2-5H2,1H3,(H,11,13)(H,14,15). The fourth-order valence-electron chi connectivity index (χ4n) is 1.65. The maximum atomic E-state index is 11.6. The zero-order valence-electron chi connectivity index (χ0n) is 9.18. The molecule has 0 aromatic rings. The molecule has 1 aliphatic rings. The Labute approximate surface area is 93.6 Å². The minimum absolute atomic E-state index is 0.00332. The van der Waals surface area contributed by atoms with Crippen molar-refractivity contribution in [3.8, 4) is 0 Å². The molecule has 3 unspecified atom stereocenters. The fraction of sp³-hybridized carbons (Fsp3) is 0.800. The van der Waals surface area contributed by atoms with E-state index in [1.165, 1.54) is 0 Å². The average Bonchev–Trinajstić information content (AvgIpc) is 2.64. The molecule has 0 bridgehead atoms. The number of aliphatic carboxylic acids is 1. The summed E-state index contributed by atoms with van der Waals surface area (Å²) in [6.45, 7) is 1.59. The number of ether oxygens (including phenoxy) is 1. The Kier molecular flexibility index (Phi) is 4.70. The Hall–Kier alpha value is -1.14. The first-order valence-corrected chi connectivity index (χ1v) is 5.34. The van der Waals surface area contributed by atoms with E-state index >= 15 is 0 Å². The maximum absolute atomic E-state index is 11.6. The van der Waals surface area contributed by atoms with Crippen LogP contribution in [0.3, 0.4) is 0 Å². The average molecular weight is 231 g/mol. The van der Waals surface area contributed by atoms with E-state index in [0.717, 1.165) is 6.42 Å².